The van der Waals surface area contributed by atoms with E-state index < -0.39 is 0 Å². The summed E-state index contributed by atoms with van der Waals surface area (Å²) in [4.78, 5) is 11.6. The molecule has 2 atom stereocenters. The molecular formula is C19H35BrO2. The van der Waals surface area contributed by atoms with Gasteiger partial charge in [0.15, 0.2) is 0 Å². The standard InChI is InChI=1S/C19H35BrO2/c1-5-6-7-8-9-10-11-12-13-18(14-15-20)17(4)22-19(21)16(2)3/h17-18H,2,5-15H2,1,3-4H3. The first-order valence-electron chi connectivity index (χ1n) is 8.95. The maximum Gasteiger partial charge on any atom is 0.333 e. The highest BCUT2D eigenvalue weighted by molar-refractivity contribution is 9.09. The van der Waals surface area contributed by atoms with E-state index in [1.165, 1.54) is 51.4 Å². The summed E-state index contributed by atoms with van der Waals surface area (Å²) in [6.45, 7) is 9.62. The molecule has 0 spiro atoms. The number of carbonyl (C=O) groups excluding carboxylic acids is 1. The van der Waals surface area contributed by atoms with E-state index in [-0.39, 0.29) is 12.1 Å². The van der Waals surface area contributed by atoms with E-state index in [1.807, 2.05) is 6.92 Å². The summed E-state index contributed by atoms with van der Waals surface area (Å²) in [6.07, 6.45) is 12.9. The highest BCUT2D eigenvalue weighted by Crippen LogP contribution is 2.22. The normalized spacial score (nSPS) is 13.6. The van der Waals surface area contributed by atoms with Gasteiger partial charge < -0.3 is 4.74 Å². The first-order valence-corrected chi connectivity index (χ1v) is 10.1. The Hall–Kier alpha value is -0.310. The third-order valence-corrected chi connectivity index (χ3v) is 4.67. The Bertz CT molecular complexity index is 302. The van der Waals surface area contributed by atoms with Crippen molar-refractivity contribution in [3.8, 4) is 0 Å². The van der Waals surface area contributed by atoms with Crippen LogP contribution in [-0.4, -0.2) is 17.4 Å². The fourth-order valence-electron chi connectivity index (χ4n) is 2.66. The summed E-state index contributed by atoms with van der Waals surface area (Å²) in [5, 5.41) is 0.962. The Balaban J connectivity index is 3.88. The molecule has 0 saturated carbocycles. The molecule has 0 heterocycles. The number of alkyl halides is 1. The van der Waals surface area contributed by atoms with Gasteiger partial charge in [-0.05, 0) is 32.6 Å². The zero-order chi connectivity index (χ0) is 16.8. The molecule has 2 nitrogen and oxygen atoms in total. The van der Waals surface area contributed by atoms with E-state index in [2.05, 4.69) is 29.4 Å². The van der Waals surface area contributed by atoms with E-state index in [1.54, 1.807) is 6.92 Å². The average Bonchev–Trinajstić information content (AvgIpc) is 2.48. The number of carbonyl (C=O) groups is 1. The number of halogens is 1. The van der Waals surface area contributed by atoms with Gasteiger partial charge in [0.2, 0.25) is 0 Å². The predicted molar refractivity (Wildman–Crippen MR) is 99.5 cm³/mol. The van der Waals surface area contributed by atoms with E-state index in [4.69, 9.17) is 4.74 Å². The Labute approximate surface area is 146 Å². The Morgan fingerprint density at radius 3 is 2.09 bits per heavy atom. The summed E-state index contributed by atoms with van der Waals surface area (Å²) >= 11 is 3.51. The SMILES string of the molecule is C=C(C)C(=O)OC(C)C(CCBr)CCCCCCCCCC. The zero-order valence-corrected chi connectivity index (χ0v) is 16.4. The molecule has 0 bridgehead atoms. The summed E-state index contributed by atoms with van der Waals surface area (Å²) in [6, 6.07) is 0. The lowest BCUT2D eigenvalue weighted by Crippen LogP contribution is -2.25. The van der Waals surface area contributed by atoms with Gasteiger partial charge in [-0.15, -0.1) is 0 Å². The van der Waals surface area contributed by atoms with Crippen LogP contribution in [0.4, 0.5) is 0 Å². The second-order valence-corrected chi connectivity index (χ2v) is 7.19. The highest BCUT2D eigenvalue weighted by atomic mass is 79.9. The second kappa shape index (κ2) is 14.3. The van der Waals surface area contributed by atoms with Crippen molar-refractivity contribution in [3.63, 3.8) is 0 Å². The van der Waals surface area contributed by atoms with Crippen LogP contribution >= 0.6 is 15.9 Å². The number of hydrogen-bond acceptors (Lipinski definition) is 2. The van der Waals surface area contributed by atoms with Crippen LogP contribution in [0.3, 0.4) is 0 Å². The molecule has 22 heavy (non-hydrogen) atoms. The third kappa shape index (κ3) is 11.3. The fourth-order valence-corrected chi connectivity index (χ4v) is 3.25. The van der Waals surface area contributed by atoms with Crippen molar-refractivity contribution < 1.29 is 9.53 Å². The molecule has 0 aliphatic heterocycles. The molecule has 0 amide bonds. The second-order valence-electron chi connectivity index (χ2n) is 6.39. The number of ether oxygens (including phenoxy) is 1. The highest BCUT2D eigenvalue weighted by Gasteiger charge is 2.20. The number of unbranched alkanes of at least 4 members (excludes halogenated alkanes) is 7. The minimum absolute atomic E-state index is 0.0219. The molecule has 0 fully saturated rings. The lowest BCUT2D eigenvalue weighted by molar-refractivity contribution is -0.146. The van der Waals surface area contributed by atoms with Crippen molar-refractivity contribution in [2.75, 3.05) is 5.33 Å². The van der Waals surface area contributed by atoms with E-state index in [0.29, 0.717) is 11.5 Å². The fraction of sp³-hybridized carbons (Fsp3) is 0.842. The summed E-state index contributed by atoms with van der Waals surface area (Å²) in [7, 11) is 0. The van der Waals surface area contributed by atoms with Crippen LogP contribution in [-0.2, 0) is 9.53 Å². The van der Waals surface area contributed by atoms with Crippen LogP contribution in [0.1, 0.15) is 85.0 Å². The van der Waals surface area contributed by atoms with Gasteiger partial charge >= 0.3 is 5.97 Å². The smallest absolute Gasteiger partial charge is 0.333 e. The van der Waals surface area contributed by atoms with Gasteiger partial charge in [0.05, 0.1) is 0 Å². The monoisotopic (exact) mass is 374 g/mol. The molecule has 0 saturated heterocycles. The maximum absolute atomic E-state index is 11.6. The number of hydrogen-bond donors (Lipinski definition) is 0. The van der Waals surface area contributed by atoms with E-state index in [9.17, 15) is 4.79 Å². The zero-order valence-electron chi connectivity index (χ0n) is 14.8. The topological polar surface area (TPSA) is 26.3 Å². The minimum atomic E-state index is -0.261. The van der Waals surface area contributed by atoms with Gasteiger partial charge in [0.1, 0.15) is 6.10 Å². The van der Waals surface area contributed by atoms with Crippen molar-refractivity contribution in [2.24, 2.45) is 5.92 Å². The molecule has 0 aliphatic carbocycles. The lowest BCUT2D eigenvalue weighted by Gasteiger charge is -2.23. The van der Waals surface area contributed by atoms with Gasteiger partial charge in [0.25, 0.3) is 0 Å². The first-order chi connectivity index (χ1) is 10.5. The van der Waals surface area contributed by atoms with Gasteiger partial charge in [-0.2, -0.15) is 0 Å². The quantitative estimate of drug-likeness (QED) is 0.151. The van der Waals surface area contributed by atoms with Crippen LogP contribution in [0.2, 0.25) is 0 Å². The van der Waals surface area contributed by atoms with Crippen LogP contribution in [0.15, 0.2) is 12.2 Å². The largest absolute Gasteiger partial charge is 0.459 e. The molecule has 0 aromatic heterocycles. The molecule has 2 unspecified atom stereocenters. The van der Waals surface area contributed by atoms with Crippen LogP contribution < -0.4 is 0 Å². The molecule has 0 radical (unpaired) electrons. The van der Waals surface area contributed by atoms with E-state index >= 15 is 0 Å². The minimum Gasteiger partial charge on any atom is -0.459 e. The van der Waals surface area contributed by atoms with Gasteiger partial charge in [-0.3, -0.25) is 0 Å². The van der Waals surface area contributed by atoms with Crippen molar-refractivity contribution in [2.45, 2.75) is 91.1 Å². The molecule has 130 valence electrons. The number of esters is 1. The molecule has 0 rings (SSSR count). The van der Waals surface area contributed by atoms with Crippen LogP contribution in [0.5, 0.6) is 0 Å². The van der Waals surface area contributed by atoms with Crippen molar-refractivity contribution >= 4 is 21.9 Å². The van der Waals surface area contributed by atoms with Gasteiger partial charge in [-0.1, -0.05) is 80.8 Å². The third-order valence-electron chi connectivity index (χ3n) is 4.21. The number of rotatable bonds is 14. The average molecular weight is 375 g/mol. The van der Waals surface area contributed by atoms with Crippen molar-refractivity contribution in [1.29, 1.82) is 0 Å². The molecule has 0 aromatic rings. The Kier molecular flexibility index (Phi) is 14.1. The van der Waals surface area contributed by atoms with Gasteiger partial charge in [0, 0.05) is 10.9 Å². The van der Waals surface area contributed by atoms with Crippen LogP contribution in [0.25, 0.3) is 0 Å². The molecular weight excluding hydrogens is 340 g/mol. The Morgan fingerprint density at radius 1 is 1.05 bits per heavy atom. The van der Waals surface area contributed by atoms with Crippen molar-refractivity contribution in [1.82, 2.24) is 0 Å². The molecule has 3 heteroatoms. The summed E-state index contributed by atoms with van der Waals surface area (Å²) < 4.78 is 5.49. The summed E-state index contributed by atoms with van der Waals surface area (Å²) in [5.41, 5.74) is 0.483. The van der Waals surface area contributed by atoms with Crippen LogP contribution in [0, 0.1) is 5.92 Å². The molecule has 0 aromatic carbocycles. The first kappa shape index (κ1) is 21.7. The van der Waals surface area contributed by atoms with Crippen molar-refractivity contribution in [3.05, 3.63) is 12.2 Å². The predicted octanol–water partition coefficient (Wildman–Crippen LogP) is 6.43. The molecule has 0 N–H and O–H groups in total. The summed E-state index contributed by atoms with van der Waals surface area (Å²) in [5.74, 6) is 0.186. The maximum atomic E-state index is 11.6. The van der Waals surface area contributed by atoms with Gasteiger partial charge in [-0.25, -0.2) is 4.79 Å². The Morgan fingerprint density at radius 2 is 1.59 bits per heavy atom. The lowest BCUT2D eigenvalue weighted by atomic mass is 9.93. The van der Waals surface area contributed by atoms with E-state index in [0.717, 1.165) is 18.2 Å². The molecule has 0 aliphatic rings.